The van der Waals surface area contributed by atoms with Crippen molar-refractivity contribution in [2.45, 2.75) is 26.8 Å². The smallest absolute Gasteiger partial charge is 0.147 e. The molecule has 1 rings (SSSR count). The molecule has 1 aromatic rings. The fourth-order valence-corrected chi connectivity index (χ4v) is 1.85. The molecule has 0 aliphatic carbocycles. The van der Waals surface area contributed by atoms with Crippen LogP contribution in [0.1, 0.15) is 25.1 Å². The van der Waals surface area contributed by atoms with E-state index in [4.69, 9.17) is 10.00 Å². The molecule has 4 nitrogen and oxygen atoms in total. The van der Waals surface area contributed by atoms with Gasteiger partial charge in [0.25, 0.3) is 0 Å². The molecule has 92 valence electrons. The lowest BCUT2D eigenvalue weighted by Crippen LogP contribution is -2.37. The van der Waals surface area contributed by atoms with Crippen LogP contribution in [0.25, 0.3) is 0 Å². The van der Waals surface area contributed by atoms with Gasteiger partial charge in [-0.05, 0) is 32.9 Å². The predicted molar refractivity (Wildman–Crippen MR) is 68.0 cm³/mol. The van der Waals surface area contributed by atoms with Crippen LogP contribution in [0.4, 0.5) is 5.82 Å². The standard InChI is InChI=1S/C13H19N3O/c1-5-16(11(3)9-17-4)13-12(8-14)7-6-10(2)15-13/h6-7,11H,5,9H2,1-4H3. The molecule has 1 atom stereocenters. The van der Waals surface area contributed by atoms with E-state index in [9.17, 15) is 0 Å². The molecule has 0 saturated carbocycles. The Morgan fingerprint density at radius 2 is 2.24 bits per heavy atom. The van der Waals surface area contributed by atoms with Crippen LogP contribution in [0.3, 0.4) is 0 Å². The van der Waals surface area contributed by atoms with E-state index in [2.05, 4.69) is 29.8 Å². The van der Waals surface area contributed by atoms with Crippen molar-refractivity contribution in [3.63, 3.8) is 0 Å². The molecule has 0 N–H and O–H groups in total. The molecular weight excluding hydrogens is 214 g/mol. The third kappa shape index (κ3) is 3.18. The van der Waals surface area contributed by atoms with Crippen molar-refractivity contribution in [3.8, 4) is 6.07 Å². The molecule has 0 aromatic carbocycles. The molecule has 1 heterocycles. The van der Waals surface area contributed by atoms with Crippen molar-refractivity contribution in [3.05, 3.63) is 23.4 Å². The van der Waals surface area contributed by atoms with Crippen LogP contribution in [0.5, 0.6) is 0 Å². The number of aryl methyl sites for hydroxylation is 1. The zero-order valence-electron chi connectivity index (χ0n) is 10.9. The minimum Gasteiger partial charge on any atom is -0.383 e. The quantitative estimate of drug-likeness (QED) is 0.781. The SMILES string of the molecule is CCN(c1nc(C)ccc1C#N)C(C)COC. The van der Waals surface area contributed by atoms with Gasteiger partial charge < -0.3 is 9.64 Å². The molecule has 0 fully saturated rings. The van der Waals surface area contributed by atoms with Gasteiger partial charge in [-0.15, -0.1) is 0 Å². The van der Waals surface area contributed by atoms with E-state index in [1.165, 1.54) is 0 Å². The predicted octanol–water partition coefficient (Wildman–Crippen LogP) is 2.12. The summed E-state index contributed by atoms with van der Waals surface area (Å²) in [5.74, 6) is 0.750. The molecule has 0 aliphatic heterocycles. The van der Waals surface area contributed by atoms with E-state index in [0.29, 0.717) is 12.2 Å². The number of nitriles is 1. The molecule has 0 saturated heterocycles. The van der Waals surface area contributed by atoms with Gasteiger partial charge in [-0.1, -0.05) is 0 Å². The fourth-order valence-electron chi connectivity index (χ4n) is 1.85. The number of aromatic nitrogens is 1. The Bertz CT molecular complexity index is 412. The van der Waals surface area contributed by atoms with E-state index in [-0.39, 0.29) is 6.04 Å². The highest BCUT2D eigenvalue weighted by molar-refractivity contribution is 5.54. The summed E-state index contributed by atoms with van der Waals surface area (Å²) in [5, 5.41) is 9.12. The van der Waals surface area contributed by atoms with Crippen molar-refractivity contribution in [1.82, 2.24) is 4.98 Å². The van der Waals surface area contributed by atoms with Crippen molar-refractivity contribution in [2.24, 2.45) is 0 Å². The number of methoxy groups -OCH3 is 1. The van der Waals surface area contributed by atoms with E-state index in [1.807, 2.05) is 19.1 Å². The molecular formula is C13H19N3O. The number of rotatable bonds is 5. The van der Waals surface area contributed by atoms with Gasteiger partial charge in [0.05, 0.1) is 18.2 Å². The van der Waals surface area contributed by atoms with Crippen LogP contribution in [0.2, 0.25) is 0 Å². The highest BCUT2D eigenvalue weighted by atomic mass is 16.5. The first-order valence-electron chi connectivity index (χ1n) is 5.77. The molecule has 0 amide bonds. The average molecular weight is 233 g/mol. The van der Waals surface area contributed by atoms with Gasteiger partial charge >= 0.3 is 0 Å². The molecule has 17 heavy (non-hydrogen) atoms. The Hall–Kier alpha value is -1.60. The number of ether oxygens (including phenoxy) is 1. The summed E-state index contributed by atoms with van der Waals surface area (Å²) >= 11 is 0. The number of anilines is 1. The first-order chi connectivity index (χ1) is 8.13. The van der Waals surface area contributed by atoms with Crippen LogP contribution < -0.4 is 4.90 Å². The molecule has 4 heteroatoms. The summed E-state index contributed by atoms with van der Waals surface area (Å²) in [5.41, 5.74) is 1.53. The number of hydrogen-bond acceptors (Lipinski definition) is 4. The lowest BCUT2D eigenvalue weighted by atomic mass is 10.2. The van der Waals surface area contributed by atoms with E-state index in [0.717, 1.165) is 18.1 Å². The second-order valence-corrected chi connectivity index (χ2v) is 4.03. The summed E-state index contributed by atoms with van der Waals surface area (Å²) in [6.45, 7) is 7.47. The van der Waals surface area contributed by atoms with Gasteiger partial charge in [0.2, 0.25) is 0 Å². The first-order valence-corrected chi connectivity index (χ1v) is 5.77. The van der Waals surface area contributed by atoms with Gasteiger partial charge in [-0.3, -0.25) is 0 Å². The van der Waals surface area contributed by atoms with Gasteiger partial charge in [0, 0.05) is 19.3 Å². The van der Waals surface area contributed by atoms with Crippen molar-refractivity contribution >= 4 is 5.82 Å². The lowest BCUT2D eigenvalue weighted by molar-refractivity contribution is 0.181. The van der Waals surface area contributed by atoms with Gasteiger partial charge in [-0.25, -0.2) is 4.98 Å². The van der Waals surface area contributed by atoms with Crippen molar-refractivity contribution in [1.29, 1.82) is 5.26 Å². The summed E-state index contributed by atoms with van der Waals surface area (Å²) in [7, 11) is 1.68. The minimum absolute atomic E-state index is 0.200. The molecule has 0 radical (unpaired) electrons. The second kappa shape index (κ2) is 6.21. The third-order valence-electron chi connectivity index (χ3n) is 2.69. The van der Waals surface area contributed by atoms with Gasteiger partial charge in [0.15, 0.2) is 0 Å². The van der Waals surface area contributed by atoms with Gasteiger partial charge in [-0.2, -0.15) is 5.26 Å². The van der Waals surface area contributed by atoms with Crippen LogP contribution in [-0.2, 0) is 4.74 Å². The highest BCUT2D eigenvalue weighted by Crippen LogP contribution is 2.20. The van der Waals surface area contributed by atoms with Crippen LogP contribution >= 0.6 is 0 Å². The minimum atomic E-state index is 0.200. The lowest BCUT2D eigenvalue weighted by Gasteiger charge is -2.29. The summed E-state index contributed by atoms with van der Waals surface area (Å²) in [6, 6.07) is 6.07. The Labute approximate surface area is 103 Å². The van der Waals surface area contributed by atoms with Crippen molar-refractivity contribution < 1.29 is 4.74 Å². The zero-order chi connectivity index (χ0) is 12.8. The molecule has 0 aliphatic rings. The molecule has 0 bridgehead atoms. The highest BCUT2D eigenvalue weighted by Gasteiger charge is 2.17. The van der Waals surface area contributed by atoms with E-state index in [1.54, 1.807) is 7.11 Å². The topological polar surface area (TPSA) is 49.2 Å². The Morgan fingerprint density at radius 3 is 2.76 bits per heavy atom. The summed E-state index contributed by atoms with van der Waals surface area (Å²) < 4.78 is 5.16. The third-order valence-corrected chi connectivity index (χ3v) is 2.69. The number of nitrogens with zero attached hydrogens (tertiary/aromatic N) is 3. The number of pyridine rings is 1. The zero-order valence-corrected chi connectivity index (χ0v) is 10.9. The molecule has 1 aromatic heterocycles. The fraction of sp³-hybridized carbons (Fsp3) is 0.538. The summed E-state index contributed by atoms with van der Waals surface area (Å²) in [4.78, 5) is 6.56. The maximum Gasteiger partial charge on any atom is 0.147 e. The Kier molecular flexibility index (Phi) is 4.92. The molecule has 1 unspecified atom stereocenters. The monoisotopic (exact) mass is 233 g/mol. The maximum atomic E-state index is 9.12. The summed E-state index contributed by atoms with van der Waals surface area (Å²) in [6.07, 6.45) is 0. The average Bonchev–Trinajstić information content (AvgIpc) is 2.31. The largest absolute Gasteiger partial charge is 0.383 e. The van der Waals surface area contributed by atoms with E-state index < -0.39 is 0 Å². The normalized spacial score (nSPS) is 11.9. The van der Waals surface area contributed by atoms with Crippen LogP contribution in [0.15, 0.2) is 12.1 Å². The van der Waals surface area contributed by atoms with Crippen LogP contribution in [0, 0.1) is 18.3 Å². The van der Waals surface area contributed by atoms with Crippen molar-refractivity contribution in [2.75, 3.05) is 25.2 Å². The maximum absolute atomic E-state index is 9.12. The Morgan fingerprint density at radius 1 is 1.53 bits per heavy atom. The van der Waals surface area contributed by atoms with Gasteiger partial charge in [0.1, 0.15) is 11.9 Å². The number of likely N-dealkylation sites (N-methyl/N-ethyl adjacent to an activating group) is 1. The molecule has 0 spiro atoms. The van der Waals surface area contributed by atoms with E-state index >= 15 is 0 Å². The first kappa shape index (κ1) is 13.5. The van der Waals surface area contributed by atoms with Crippen LogP contribution in [-0.4, -0.2) is 31.3 Å². The number of hydrogen-bond donors (Lipinski definition) is 0. The Balaban J connectivity index is 3.10. The second-order valence-electron chi connectivity index (χ2n) is 4.03.